The zero-order valence-corrected chi connectivity index (χ0v) is 12.8. The zero-order chi connectivity index (χ0) is 16.0. The van der Waals surface area contributed by atoms with Gasteiger partial charge in [0.2, 0.25) is 0 Å². The molecule has 0 aliphatic carbocycles. The van der Waals surface area contributed by atoms with E-state index in [0.29, 0.717) is 0 Å². The fourth-order valence-electron chi connectivity index (χ4n) is 2.47. The summed E-state index contributed by atoms with van der Waals surface area (Å²) in [6.07, 6.45) is 1.72. The van der Waals surface area contributed by atoms with Gasteiger partial charge in [-0.25, -0.2) is 0 Å². The van der Waals surface area contributed by atoms with Crippen LogP contribution in [0.15, 0.2) is 48.5 Å². The van der Waals surface area contributed by atoms with E-state index in [9.17, 15) is 13.2 Å². The Morgan fingerprint density at radius 2 is 1.27 bits per heavy atom. The van der Waals surface area contributed by atoms with Gasteiger partial charge in [-0.15, -0.1) is 0 Å². The summed E-state index contributed by atoms with van der Waals surface area (Å²) in [6, 6.07) is 13.4. The molecule has 0 saturated carbocycles. The molecule has 0 amide bonds. The Morgan fingerprint density at radius 1 is 0.727 bits per heavy atom. The fraction of sp³-hybridized carbons (Fsp3) is 0.368. The summed E-state index contributed by atoms with van der Waals surface area (Å²) in [5.74, 6) is 0. The minimum Gasteiger partial charge on any atom is -0.166 e. The first-order valence-corrected chi connectivity index (χ1v) is 7.77. The van der Waals surface area contributed by atoms with Gasteiger partial charge in [-0.2, -0.15) is 13.2 Å². The van der Waals surface area contributed by atoms with E-state index in [1.54, 1.807) is 0 Å². The van der Waals surface area contributed by atoms with E-state index in [1.165, 1.54) is 43.4 Å². The van der Waals surface area contributed by atoms with E-state index in [4.69, 9.17) is 0 Å². The van der Waals surface area contributed by atoms with Crippen molar-refractivity contribution in [1.82, 2.24) is 0 Å². The summed E-state index contributed by atoms with van der Waals surface area (Å²) < 4.78 is 37.6. The standard InChI is InChI=1S/C19H21F3/c1-2-3-4-5-6-15-7-9-16(10-8-15)17-11-13-18(14-12-17)19(20,21)22/h7-14H,2-6H2,1H3. The molecule has 2 aromatic rings. The van der Waals surface area contributed by atoms with Crippen LogP contribution in [0.5, 0.6) is 0 Å². The molecule has 0 fully saturated rings. The lowest BCUT2D eigenvalue weighted by molar-refractivity contribution is -0.137. The lowest BCUT2D eigenvalue weighted by Crippen LogP contribution is -2.03. The minimum atomic E-state index is -4.28. The third-order valence-electron chi connectivity index (χ3n) is 3.82. The molecule has 0 unspecified atom stereocenters. The van der Waals surface area contributed by atoms with Crippen molar-refractivity contribution in [3.8, 4) is 11.1 Å². The normalized spacial score (nSPS) is 11.6. The van der Waals surface area contributed by atoms with Crippen LogP contribution in [0, 0.1) is 0 Å². The lowest BCUT2D eigenvalue weighted by Gasteiger charge is -2.08. The van der Waals surface area contributed by atoms with Crippen molar-refractivity contribution in [2.45, 2.75) is 45.2 Å². The van der Waals surface area contributed by atoms with Crippen molar-refractivity contribution in [2.24, 2.45) is 0 Å². The molecule has 0 aliphatic rings. The maximum Gasteiger partial charge on any atom is 0.416 e. The fourth-order valence-corrected chi connectivity index (χ4v) is 2.47. The summed E-state index contributed by atoms with van der Waals surface area (Å²) in [7, 11) is 0. The van der Waals surface area contributed by atoms with Gasteiger partial charge in [0.25, 0.3) is 0 Å². The van der Waals surface area contributed by atoms with E-state index < -0.39 is 11.7 Å². The molecule has 0 radical (unpaired) electrons. The molecule has 22 heavy (non-hydrogen) atoms. The van der Waals surface area contributed by atoms with Crippen LogP contribution in [0.2, 0.25) is 0 Å². The zero-order valence-electron chi connectivity index (χ0n) is 12.8. The SMILES string of the molecule is CCCCCCc1ccc(-c2ccc(C(F)(F)F)cc2)cc1. The van der Waals surface area contributed by atoms with Gasteiger partial charge in [0.15, 0.2) is 0 Å². The van der Waals surface area contributed by atoms with Crippen molar-refractivity contribution in [3.63, 3.8) is 0 Å². The average molecular weight is 306 g/mol. The smallest absolute Gasteiger partial charge is 0.166 e. The number of hydrogen-bond donors (Lipinski definition) is 0. The molecule has 0 atom stereocenters. The molecule has 0 nitrogen and oxygen atoms in total. The van der Waals surface area contributed by atoms with Crippen LogP contribution in [0.4, 0.5) is 13.2 Å². The van der Waals surface area contributed by atoms with Crippen LogP contribution in [0.25, 0.3) is 11.1 Å². The minimum absolute atomic E-state index is 0.608. The first-order valence-electron chi connectivity index (χ1n) is 7.77. The summed E-state index contributed by atoms with van der Waals surface area (Å²) in [6.45, 7) is 2.19. The first-order chi connectivity index (χ1) is 10.5. The lowest BCUT2D eigenvalue weighted by atomic mass is 10.00. The number of alkyl halides is 3. The molecular weight excluding hydrogens is 285 g/mol. The quantitative estimate of drug-likeness (QED) is 0.535. The number of halogens is 3. The van der Waals surface area contributed by atoms with Crippen molar-refractivity contribution in [3.05, 3.63) is 59.7 Å². The second-order valence-corrected chi connectivity index (χ2v) is 5.58. The molecule has 0 aliphatic heterocycles. The molecule has 0 saturated heterocycles. The molecule has 0 spiro atoms. The predicted octanol–water partition coefficient (Wildman–Crippen LogP) is 6.50. The van der Waals surface area contributed by atoms with Gasteiger partial charge in [-0.05, 0) is 41.7 Å². The molecule has 3 heteroatoms. The molecular formula is C19H21F3. The maximum atomic E-state index is 12.5. The highest BCUT2D eigenvalue weighted by Crippen LogP contribution is 2.31. The average Bonchev–Trinajstić information content (AvgIpc) is 2.51. The topological polar surface area (TPSA) is 0 Å². The van der Waals surface area contributed by atoms with Crippen LogP contribution in [0.3, 0.4) is 0 Å². The summed E-state index contributed by atoms with van der Waals surface area (Å²) in [5, 5.41) is 0. The third kappa shape index (κ3) is 4.62. The molecule has 0 bridgehead atoms. The van der Waals surface area contributed by atoms with Gasteiger partial charge in [0.05, 0.1) is 5.56 Å². The first kappa shape index (κ1) is 16.6. The van der Waals surface area contributed by atoms with E-state index in [1.807, 2.05) is 12.1 Å². The van der Waals surface area contributed by atoms with E-state index in [0.717, 1.165) is 29.7 Å². The Kier molecular flexibility index (Phi) is 5.64. The van der Waals surface area contributed by atoms with Crippen molar-refractivity contribution >= 4 is 0 Å². The number of benzene rings is 2. The van der Waals surface area contributed by atoms with Gasteiger partial charge in [-0.1, -0.05) is 62.6 Å². The van der Waals surface area contributed by atoms with E-state index >= 15 is 0 Å². The van der Waals surface area contributed by atoms with Crippen molar-refractivity contribution < 1.29 is 13.2 Å². The Hall–Kier alpha value is -1.77. The summed E-state index contributed by atoms with van der Waals surface area (Å²) in [5.41, 5.74) is 2.44. The van der Waals surface area contributed by atoms with Gasteiger partial charge in [0.1, 0.15) is 0 Å². The van der Waals surface area contributed by atoms with Crippen molar-refractivity contribution in [1.29, 1.82) is 0 Å². The maximum absolute atomic E-state index is 12.5. The predicted molar refractivity (Wildman–Crippen MR) is 84.7 cm³/mol. The Labute approximate surface area is 130 Å². The number of unbranched alkanes of at least 4 members (excludes halogenated alkanes) is 3. The van der Waals surface area contributed by atoms with Crippen LogP contribution in [-0.2, 0) is 12.6 Å². The van der Waals surface area contributed by atoms with Gasteiger partial charge in [0, 0.05) is 0 Å². The van der Waals surface area contributed by atoms with E-state index in [-0.39, 0.29) is 0 Å². The molecule has 0 aromatic heterocycles. The molecule has 2 aromatic carbocycles. The molecule has 0 N–H and O–H groups in total. The summed E-state index contributed by atoms with van der Waals surface area (Å²) in [4.78, 5) is 0. The Balaban J connectivity index is 2.01. The largest absolute Gasteiger partial charge is 0.416 e. The van der Waals surface area contributed by atoms with Gasteiger partial charge in [-0.3, -0.25) is 0 Å². The second kappa shape index (κ2) is 7.48. The van der Waals surface area contributed by atoms with Crippen LogP contribution < -0.4 is 0 Å². The molecule has 118 valence electrons. The highest BCUT2D eigenvalue weighted by atomic mass is 19.4. The van der Waals surface area contributed by atoms with Gasteiger partial charge < -0.3 is 0 Å². The summed E-state index contributed by atoms with van der Waals surface area (Å²) >= 11 is 0. The monoisotopic (exact) mass is 306 g/mol. The Bertz CT molecular complexity index is 565. The highest BCUT2D eigenvalue weighted by Gasteiger charge is 2.29. The van der Waals surface area contributed by atoms with E-state index in [2.05, 4.69) is 19.1 Å². The Morgan fingerprint density at radius 3 is 1.77 bits per heavy atom. The second-order valence-electron chi connectivity index (χ2n) is 5.58. The number of aryl methyl sites for hydroxylation is 1. The van der Waals surface area contributed by atoms with Crippen LogP contribution in [-0.4, -0.2) is 0 Å². The molecule has 2 rings (SSSR count). The van der Waals surface area contributed by atoms with Crippen molar-refractivity contribution in [2.75, 3.05) is 0 Å². The van der Waals surface area contributed by atoms with Crippen LogP contribution in [0.1, 0.15) is 43.7 Å². The highest BCUT2D eigenvalue weighted by molar-refractivity contribution is 5.64. The number of hydrogen-bond acceptors (Lipinski definition) is 0. The van der Waals surface area contributed by atoms with Gasteiger partial charge >= 0.3 is 6.18 Å². The molecule has 0 heterocycles. The number of rotatable bonds is 6. The van der Waals surface area contributed by atoms with Crippen LogP contribution >= 0.6 is 0 Å². The third-order valence-corrected chi connectivity index (χ3v) is 3.82.